The van der Waals surface area contributed by atoms with Crippen LogP contribution in [0.15, 0.2) is 12.1 Å². The number of rotatable bonds is 5. The van der Waals surface area contributed by atoms with Gasteiger partial charge >= 0.3 is 0 Å². The average molecular weight is 263 g/mol. The van der Waals surface area contributed by atoms with E-state index in [1.807, 2.05) is 19.9 Å². The summed E-state index contributed by atoms with van der Waals surface area (Å²) >= 11 is 0. The highest BCUT2D eigenvalue weighted by molar-refractivity contribution is 5.90. The molecule has 1 aromatic carbocycles. The number of nitrogens with zero attached hydrogens (tertiary/aromatic N) is 1. The fourth-order valence-electron chi connectivity index (χ4n) is 1.78. The summed E-state index contributed by atoms with van der Waals surface area (Å²) in [5.74, 6) is 1.56. The maximum absolute atomic E-state index is 11.0. The molecule has 6 heteroatoms. The number of nitrogens with one attached hydrogen (secondary N) is 2. The molecule has 0 saturated carbocycles. The molecule has 0 fully saturated rings. The first kappa shape index (κ1) is 13.2. The van der Waals surface area contributed by atoms with Gasteiger partial charge in [-0.2, -0.15) is 0 Å². The largest absolute Gasteiger partial charge is 0.490 e. The molecule has 102 valence electrons. The van der Waals surface area contributed by atoms with E-state index >= 15 is 0 Å². The van der Waals surface area contributed by atoms with Crippen LogP contribution in [-0.4, -0.2) is 29.1 Å². The van der Waals surface area contributed by atoms with Crippen molar-refractivity contribution in [2.24, 2.45) is 0 Å². The quantitative estimate of drug-likeness (QED) is 0.868. The summed E-state index contributed by atoms with van der Waals surface area (Å²) in [4.78, 5) is 18.3. The van der Waals surface area contributed by atoms with Crippen LogP contribution in [0.1, 0.15) is 20.8 Å². The monoisotopic (exact) mass is 263 g/mol. The Hall–Kier alpha value is -2.24. The maximum Gasteiger partial charge on any atom is 0.223 e. The minimum absolute atomic E-state index is 0.172. The van der Waals surface area contributed by atoms with Crippen LogP contribution in [0, 0.1) is 0 Å². The number of aromatic nitrogens is 2. The van der Waals surface area contributed by atoms with E-state index in [0.29, 0.717) is 30.7 Å². The van der Waals surface area contributed by atoms with Gasteiger partial charge in [0.15, 0.2) is 11.5 Å². The summed E-state index contributed by atoms with van der Waals surface area (Å²) in [5.41, 5.74) is 1.51. The van der Waals surface area contributed by atoms with Gasteiger partial charge in [-0.05, 0) is 13.8 Å². The third-order valence-electron chi connectivity index (χ3n) is 2.44. The third-order valence-corrected chi connectivity index (χ3v) is 2.44. The molecule has 0 bridgehead atoms. The van der Waals surface area contributed by atoms with Crippen molar-refractivity contribution in [1.82, 2.24) is 9.97 Å². The average Bonchev–Trinajstić information content (AvgIpc) is 2.70. The lowest BCUT2D eigenvalue weighted by atomic mass is 10.2. The van der Waals surface area contributed by atoms with E-state index in [0.717, 1.165) is 11.0 Å². The van der Waals surface area contributed by atoms with E-state index < -0.39 is 0 Å². The van der Waals surface area contributed by atoms with Crippen molar-refractivity contribution < 1.29 is 14.3 Å². The van der Waals surface area contributed by atoms with E-state index in [4.69, 9.17) is 9.47 Å². The minimum atomic E-state index is -0.172. The van der Waals surface area contributed by atoms with Crippen LogP contribution in [0.25, 0.3) is 11.0 Å². The number of benzene rings is 1. The number of fused-ring (bicyclic) bond motifs is 1. The molecule has 1 amide bonds. The number of aromatic amines is 1. The Labute approximate surface area is 111 Å². The van der Waals surface area contributed by atoms with Crippen molar-refractivity contribution in [3.05, 3.63) is 12.1 Å². The highest BCUT2D eigenvalue weighted by Crippen LogP contribution is 2.32. The topological polar surface area (TPSA) is 76.2 Å². The summed E-state index contributed by atoms with van der Waals surface area (Å²) in [6, 6.07) is 3.62. The number of H-pyrrole nitrogens is 1. The van der Waals surface area contributed by atoms with Gasteiger partial charge in [-0.15, -0.1) is 0 Å². The lowest BCUT2D eigenvalue weighted by Gasteiger charge is -2.10. The highest BCUT2D eigenvalue weighted by atomic mass is 16.5. The Balaban J connectivity index is 2.43. The number of hydrogen-bond donors (Lipinski definition) is 2. The highest BCUT2D eigenvalue weighted by Gasteiger charge is 2.11. The Bertz CT molecular complexity index is 549. The molecule has 6 nitrogen and oxygen atoms in total. The molecule has 0 aliphatic carbocycles. The van der Waals surface area contributed by atoms with Gasteiger partial charge in [0.2, 0.25) is 11.9 Å². The lowest BCUT2D eigenvalue weighted by molar-refractivity contribution is -0.114. The van der Waals surface area contributed by atoms with Crippen LogP contribution in [0.5, 0.6) is 11.5 Å². The molecule has 1 aromatic heterocycles. The second-order valence-corrected chi connectivity index (χ2v) is 3.95. The van der Waals surface area contributed by atoms with Crippen molar-refractivity contribution in [2.75, 3.05) is 18.5 Å². The van der Waals surface area contributed by atoms with Crippen molar-refractivity contribution >= 4 is 22.9 Å². The fourth-order valence-corrected chi connectivity index (χ4v) is 1.78. The Morgan fingerprint density at radius 2 is 1.89 bits per heavy atom. The third kappa shape index (κ3) is 2.96. The minimum Gasteiger partial charge on any atom is -0.490 e. The van der Waals surface area contributed by atoms with E-state index in [2.05, 4.69) is 15.3 Å². The summed E-state index contributed by atoms with van der Waals surface area (Å²) in [7, 11) is 0. The second-order valence-electron chi connectivity index (χ2n) is 3.95. The molecule has 1 heterocycles. The van der Waals surface area contributed by atoms with Crippen LogP contribution in [-0.2, 0) is 4.79 Å². The number of imidazole rings is 1. The lowest BCUT2D eigenvalue weighted by Crippen LogP contribution is -2.06. The molecule has 2 N–H and O–H groups in total. The predicted octanol–water partition coefficient (Wildman–Crippen LogP) is 2.32. The van der Waals surface area contributed by atoms with Gasteiger partial charge in [-0.25, -0.2) is 4.98 Å². The molecule has 0 spiro atoms. The van der Waals surface area contributed by atoms with Crippen LogP contribution >= 0.6 is 0 Å². The molecular formula is C13H17N3O3. The molecular weight excluding hydrogens is 246 g/mol. The molecule has 0 saturated heterocycles. The standard InChI is InChI=1S/C13H17N3O3/c1-4-18-11-6-9-10(7-12(11)19-5-2)16-13(15-9)14-8(3)17/h6-7H,4-5H2,1-3H3,(H2,14,15,16,17). The molecule has 0 aliphatic rings. The number of hydrogen-bond acceptors (Lipinski definition) is 4. The van der Waals surface area contributed by atoms with Gasteiger partial charge in [0.1, 0.15) is 0 Å². The van der Waals surface area contributed by atoms with Gasteiger partial charge in [0.25, 0.3) is 0 Å². The SMILES string of the molecule is CCOc1cc2nc(NC(C)=O)[nH]c2cc1OCC. The fraction of sp³-hybridized carbons (Fsp3) is 0.385. The van der Waals surface area contributed by atoms with Gasteiger partial charge in [0, 0.05) is 19.1 Å². The van der Waals surface area contributed by atoms with E-state index in [1.54, 1.807) is 6.07 Å². The van der Waals surface area contributed by atoms with E-state index in [-0.39, 0.29) is 5.91 Å². The normalized spacial score (nSPS) is 10.5. The number of anilines is 1. The first-order chi connectivity index (χ1) is 9.13. The van der Waals surface area contributed by atoms with Gasteiger partial charge in [-0.1, -0.05) is 0 Å². The smallest absolute Gasteiger partial charge is 0.223 e. The molecule has 0 radical (unpaired) electrons. The van der Waals surface area contributed by atoms with Gasteiger partial charge in [0.05, 0.1) is 24.2 Å². The first-order valence-electron chi connectivity index (χ1n) is 6.21. The van der Waals surface area contributed by atoms with Gasteiger partial charge in [-0.3, -0.25) is 10.1 Å². The molecule has 0 aliphatic heterocycles. The Morgan fingerprint density at radius 3 is 2.47 bits per heavy atom. The molecule has 0 atom stereocenters. The predicted molar refractivity (Wildman–Crippen MR) is 72.7 cm³/mol. The van der Waals surface area contributed by atoms with Crippen LogP contribution in [0.2, 0.25) is 0 Å². The van der Waals surface area contributed by atoms with Crippen molar-refractivity contribution in [3.8, 4) is 11.5 Å². The van der Waals surface area contributed by atoms with Crippen molar-refractivity contribution in [3.63, 3.8) is 0 Å². The van der Waals surface area contributed by atoms with Gasteiger partial charge < -0.3 is 14.5 Å². The number of carbonyl (C=O) groups is 1. The van der Waals surface area contributed by atoms with Crippen LogP contribution < -0.4 is 14.8 Å². The van der Waals surface area contributed by atoms with Crippen LogP contribution in [0.3, 0.4) is 0 Å². The summed E-state index contributed by atoms with van der Waals surface area (Å²) in [6.45, 7) is 6.36. The number of amides is 1. The van der Waals surface area contributed by atoms with E-state index in [9.17, 15) is 4.79 Å². The summed E-state index contributed by atoms with van der Waals surface area (Å²) < 4.78 is 11.0. The Kier molecular flexibility index (Phi) is 3.89. The zero-order valence-corrected chi connectivity index (χ0v) is 11.2. The Morgan fingerprint density at radius 1 is 1.26 bits per heavy atom. The zero-order valence-electron chi connectivity index (χ0n) is 11.2. The second kappa shape index (κ2) is 5.60. The summed E-state index contributed by atoms with van der Waals surface area (Å²) in [6.07, 6.45) is 0. The summed E-state index contributed by atoms with van der Waals surface area (Å²) in [5, 5.41) is 2.61. The van der Waals surface area contributed by atoms with Crippen molar-refractivity contribution in [2.45, 2.75) is 20.8 Å². The number of carbonyl (C=O) groups excluding carboxylic acids is 1. The first-order valence-corrected chi connectivity index (χ1v) is 6.21. The zero-order chi connectivity index (χ0) is 13.8. The number of ether oxygens (including phenoxy) is 2. The molecule has 19 heavy (non-hydrogen) atoms. The maximum atomic E-state index is 11.0. The molecule has 0 unspecified atom stereocenters. The molecule has 2 rings (SSSR count). The van der Waals surface area contributed by atoms with Crippen LogP contribution in [0.4, 0.5) is 5.95 Å². The van der Waals surface area contributed by atoms with E-state index in [1.165, 1.54) is 6.92 Å². The molecule has 2 aromatic rings. The van der Waals surface area contributed by atoms with Crippen molar-refractivity contribution in [1.29, 1.82) is 0 Å².